The standard InChI is InChI=1S/C13H29BGeO2/c1-5-6-7-8-10-13(15(2,3)4)14-16-11-9-12-17-14/h13H,5-12H2,1-4H3. The second-order valence-electron chi connectivity index (χ2n) is 6.29. The average molecular weight is 301 g/mol. The van der Waals surface area contributed by atoms with Gasteiger partial charge in [0.05, 0.1) is 0 Å². The van der Waals surface area contributed by atoms with Crippen molar-refractivity contribution >= 4 is 20.4 Å². The van der Waals surface area contributed by atoms with Crippen LogP contribution in [0, 0.1) is 0 Å². The molecule has 0 amide bonds. The third kappa shape index (κ3) is 5.80. The van der Waals surface area contributed by atoms with Crippen LogP contribution < -0.4 is 0 Å². The summed E-state index contributed by atoms with van der Waals surface area (Å²) in [6, 6.07) is 0. The van der Waals surface area contributed by atoms with Gasteiger partial charge in [0.1, 0.15) is 0 Å². The van der Waals surface area contributed by atoms with Crippen LogP contribution in [0.1, 0.15) is 45.4 Å². The molecule has 1 atom stereocenters. The van der Waals surface area contributed by atoms with Crippen molar-refractivity contribution in [3.63, 3.8) is 0 Å². The van der Waals surface area contributed by atoms with E-state index >= 15 is 0 Å². The van der Waals surface area contributed by atoms with Gasteiger partial charge in [0.15, 0.2) is 0 Å². The van der Waals surface area contributed by atoms with Crippen molar-refractivity contribution in [2.45, 2.75) is 67.4 Å². The fourth-order valence-corrected chi connectivity index (χ4v) is 6.87. The molecule has 0 aromatic carbocycles. The van der Waals surface area contributed by atoms with Crippen LogP contribution in [-0.2, 0) is 9.31 Å². The zero-order chi connectivity index (χ0) is 12.7. The fraction of sp³-hybridized carbons (Fsp3) is 1.00. The summed E-state index contributed by atoms with van der Waals surface area (Å²) < 4.78 is 12.4. The Morgan fingerprint density at radius 3 is 2.24 bits per heavy atom. The molecule has 17 heavy (non-hydrogen) atoms. The molecular weight excluding hydrogens is 272 g/mol. The second-order valence-corrected chi connectivity index (χ2v) is 17.8. The maximum absolute atomic E-state index is 5.85. The Morgan fingerprint density at radius 2 is 1.71 bits per heavy atom. The fourth-order valence-electron chi connectivity index (χ4n) is 2.51. The molecule has 0 spiro atoms. The van der Waals surface area contributed by atoms with Gasteiger partial charge in [-0.2, -0.15) is 0 Å². The van der Waals surface area contributed by atoms with Gasteiger partial charge in [-0.1, -0.05) is 0 Å². The van der Waals surface area contributed by atoms with Crippen LogP contribution in [-0.4, -0.2) is 33.6 Å². The molecule has 0 aliphatic carbocycles. The summed E-state index contributed by atoms with van der Waals surface area (Å²) in [7, 11) is 0.116. The predicted molar refractivity (Wildman–Crippen MR) is 78.1 cm³/mol. The Kier molecular flexibility index (Phi) is 7.20. The van der Waals surface area contributed by atoms with E-state index in [1.54, 1.807) is 0 Å². The van der Waals surface area contributed by atoms with Crippen molar-refractivity contribution in [3.05, 3.63) is 0 Å². The first-order valence-electron chi connectivity index (χ1n) is 7.29. The Hall–Kier alpha value is 0.528. The summed E-state index contributed by atoms with van der Waals surface area (Å²) >= 11 is -1.69. The molecule has 0 aromatic rings. The molecule has 1 heterocycles. The summed E-state index contributed by atoms with van der Waals surface area (Å²) in [4.78, 5) is 0. The van der Waals surface area contributed by atoms with Gasteiger partial charge < -0.3 is 0 Å². The van der Waals surface area contributed by atoms with Crippen LogP contribution in [0.2, 0.25) is 21.9 Å². The van der Waals surface area contributed by atoms with Crippen LogP contribution in [0.15, 0.2) is 0 Å². The topological polar surface area (TPSA) is 18.5 Å². The normalized spacial score (nSPS) is 19.4. The van der Waals surface area contributed by atoms with E-state index in [1.165, 1.54) is 32.1 Å². The molecule has 0 N–H and O–H groups in total. The van der Waals surface area contributed by atoms with Crippen LogP contribution in [0.5, 0.6) is 0 Å². The van der Waals surface area contributed by atoms with Gasteiger partial charge in [-0.15, -0.1) is 0 Å². The third-order valence-corrected chi connectivity index (χ3v) is 9.51. The molecular formula is C13H29BGeO2. The van der Waals surface area contributed by atoms with E-state index < -0.39 is 13.3 Å². The zero-order valence-electron chi connectivity index (χ0n) is 12.1. The van der Waals surface area contributed by atoms with Crippen molar-refractivity contribution in [2.75, 3.05) is 13.2 Å². The predicted octanol–water partition coefficient (Wildman–Crippen LogP) is 4.13. The average Bonchev–Trinajstić information content (AvgIpc) is 2.28. The van der Waals surface area contributed by atoms with Crippen molar-refractivity contribution in [2.24, 2.45) is 0 Å². The first kappa shape index (κ1) is 15.6. The molecule has 0 aromatic heterocycles. The molecule has 1 fully saturated rings. The van der Waals surface area contributed by atoms with Gasteiger partial charge in [-0.25, -0.2) is 0 Å². The zero-order valence-corrected chi connectivity index (χ0v) is 14.2. The molecule has 1 rings (SSSR count). The molecule has 1 aliphatic heterocycles. The summed E-state index contributed by atoms with van der Waals surface area (Å²) in [6.07, 6.45) is 7.79. The second kappa shape index (κ2) is 7.85. The minimum atomic E-state index is -1.69. The molecule has 1 aliphatic rings. The maximum atomic E-state index is 5.85. The van der Waals surface area contributed by atoms with Crippen LogP contribution in [0.4, 0.5) is 0 Å². The van der Waals surface area contributed by atoms with Gasteiger partial charge in [-0.3, -0.25) is 0 Å². The summed E-state index contributed by atoms with van der Waals surface area (Å²) in [5.41, 5.74) is 0. The van der Waals surface area contributed by atoms with E-state index in [-0.39, 0.29) is 7.12 Å². The van der Waals surface area contributed by atoms with Crippen LogP contribution >= 0.6 is 0 Å². The van der Waals surface area contributed by atoms with Gasteiger partial charge in [0, 0.05) is 0 Å². The first-order chi connectivity index (χ1) is 8.05. The van der Waals surface area contributed by atoms with Gasteiger partial charge in [0.2, 0.25) is 0 Å². The molecule has 0 saturated carbocycles. The Morgan fingerprint density at radius 1 is 1.06 bits per heavy atom. The van der Waals surface area contributed by atoms with E-state index in [2.05, 4.69) is 24.2 Å². The molecule has 2 nitrogen and oxygen atoms in total. The molecule has 100 valence electrons. The first-order valence-corrected chi connectivity index (χ1v) is 14.8. The number of hydrogen-bond donors (Lipinski definition) is 0. The number of rotatable bonds is 7. The Balaban J connectivity index is 2.42. The minimum absolute atomic E-state index is 0.116. The summed E-state index contributed by atoms with van der Waals surface area (Å²) in [5, 5.41) is 0. The van der Waals surface area contributed by atoms with E-state index in [0.717, 1.165) is 19.6 Å². The monoisotopic (exact) mass is 302 g/mol. The molecule has 1 unspecified atom stereocenters. The van der Waals surface area contributed by atoms with E-state index in [0.29, 0.717) is 4.65 Å². The van der Waals surface area contributed by atoms with Gasteiger partial charge in [-0.05, 0) is 0 Å². The van der Waals surface area contributed by atoms with Gasteiger partial charge >= 0.3 is 110 Å². The molecule has 1 saturated heterocycles. The molecule has 0 radical (unpaired) electrons. The Bertz CT molecular complexity index is 200. The van der Waals surface area contributed by atoms with E-state index in [1.807, 2.05) is 0 Å². The number of hydrogen-bond acceptors (Lipinski definition) is 2. The summed E-state index contributed by atoms with van der Waals surface area (Å²) in [5.74, 6) is 7.48. The van der Waals surface area contributed by atoms with Crippen LogP contribution in [0.3, 0.4) is 0 Å². The van der Waals surface area contributed by atoms with E-state index in [4.69, 9.17) is 9.31 Å². The third-order valence-electron chi connectivity index (χ3n) is 3.66. The SMILES string of the molecule is CCCCCC[CH](B1OCCCO1)[Ge]([CH3])([CH3])[CH3]. The number of unbranched alkanes of at least 4 members (excludes halogenated alkanes) is 3. The van der Waals surface area contributed by atoms with E-state index in [9.17, 15) is 0 Å². The van der Waals surface area contributed by atoms with Crippen molar-refractivity contribution in [3.8, 4) is 0 Å². The van der Waals surface area contributed by atoms with Crippen molar-refractivity contribution in [1.82, 2.24) is 0 Å². The van der Waals surface area contributed by atoms with Crippen LogP contribution in [0.25, 0.3) is 0 Å². The van der Waals surface area contributed by atoms with Crippen molar-refractivity contribution in [1.29, 1.82) is 0 Å². The van der Waals surface area contributed by atoms with Gasteiger partial charge in [0.25, 0.3) is 0 Å². The Labute approximate surface area is 110 Å². The van der Waals surface area contributed by atoms with Crippen molar-refractivity contribution < 1.29 is 9.31 Å². The molecule has 4 heteroatoms. The molecule has 0 bridgehead atoms. The summed E-state index contributed by atoms with van der Waals surface area (Å²) in [6.45, 7) is 4.06. The quantitative estimate of drug-likeness (QED) is 0.520.